The Bertz CT molecular complexity index is 257. The molecule has 0 amide bonds. The molecular weight excluding hydrogens is 260 g/mol. The quantitative estimate of drug-likeness (QED) is 0.478. The van der Waals surface area contributed by atoms with E-state index >= 15 is 0 Å². The topological polar surface area (TPSA) is 30.5 Å². The molecule has 126 valence electrons. The summed E-state index contributed by atoms with van der Waals surface area (Å²) in [7, 11) is 4.49. The summed E-state index contributed by atoms with van der Waals surface area (Å²) in [5.41, 5.74) is 0. The molecule has 21 heavy (non-hydrogen) atoms. The molecule has 4 nitrogen and oxygen atoms in total. The maximum atomic E-state index is 3.61. The monoisotopic (exact) mass is 300 g/mol. The van der Waals surface area contributed by atoms with Crippen LogP contribution in [0.4, 0.5) is 0 Å². The van der Waals surface area contributed by atoms with E-state index in [4.69, 9.17) is 0 Å². The third-order valence-electron chi connectivity index (χ3n) is 4.60. The summed E-state index contributed by atoms with van der Waals surface area (Å²) >= 11 is 0. The van der Waals surface area contributed by atoms with Crippen molar-refractivity contribution >= 4 is 0 Å². The summed E-state index contributed by atoms with van der Waals surface area (Å²) in [4.78, 5) is 4.92. The Morgan fingerprint density at radius 3 is 2.38 bits per heavy atom. The molecule has 2 N–H and O–H groups in total. The van der Waals surface area contributed by atoms with Crippen molar-refractivity contribution < 1.29 is 2.85 Å². The maximum absolute atomic E-state index is 3.61. The zero-order chi connectivity index (χ0) is 15.5. The number of nitrogens with one attached hydrogen (secondary N) is 2. The normalized spacial score (nSPS) is 21.4. The molecule has 0 radical (unpaired) electrons. The molecule has 1 saturated carbocycles. The Morgan fingerprint density at radius 1 is 0.952 bits per heavy atom. The van der Waals surface area contributed by atoms with Gasteiger partial charge in [0.05, 0.1) is 0 Å². The molecule has 0 bridgehead atoms. The Labute approximate surface area is 135 Å². The molecule has 0 aromatic rings. The van der Waals surface area contributed by atoms with Crippen LogP contribution in [0.1, 0.15) is 36.0 Å². The van der Waals surface area contributed by atoms with E-state index in [1.165, 1.54) is 45.4 Å². The summed E-state index contributed by atoms with van der Waals surface area (Å²) in [5.74, 6) is 1.88. The van der Waals surface area contributed by atoms with Crippen molar-refractivity contribution in [2.45, 2.75) is 33.1 Å². The van der Waals surface area contributed by atoms with Crippen LogP contribution in [0.2, 0.25) is 0 Å². The highest BCUT2D eigenvalue weighted by Gasteiger charge is 2.36. The minimum atomic E-state index is 0. The summed E-state index contributed by atoms with van der Waals surface area (Å²) in [6, 6.07) is 0. The van der Waals surface area contributed by atoms with Gasteiger partial charge in [-0.3, -0.25) is 0 Å². The molecule has 0 saturated heterocycles. The van der Waals surface area contributed by atoms with Gasteiger partial charge in [-0.25, -0.2) is 0 Å². The van der Waals surface area contributed by atoms with Crippen molar-refractivity contribution in [1.82, 2.24) is 20.4 Å². The SMILES string of the molecule is CCNCCCNCC1CC1CN(C)CCCN(C)CC.[H+].[H+]. The van der Waals surface area contributed by atoms with E-state index in [0.717, 1.165) is 38.0 Å². The fraction of sp³-hybridized carbons (Fsp3) is 1.00. The van der Waals surface area contributed by atoms with Gasteiger partial charge in [-0.15, -0.1) is 0 Å². The minimum Gasteiger partial charge on any atom is -0.317 e. The fourth-order valence-electron chi connectivity index (χ4n) is 2.85. The van der Waals surface area contributed by atoms with E-state index in [9.17, 15) is 0 Å². The Morgan fingerprint density at radius 2 is 1.67 bits per heavy atom. The molecule has 0 aliphatic heterocycles. The number of hydrogen-bond acceptors (Lipinski definition) is 4. The van der Waals surface area contributed by atoms with Crippen LogP contribution in [0.3, 0.4) is 0 Å². The van der Waals surface area contributed by atoms with E-state index in [0.29, 0.717) is 0 Å². The van der Waals surface area contributed by atoms with Gasteiger partial charge in [0.2, 0.25) is 0 Å². The average Bonchev–Trinajstić information content (AvgIpc) is 3.20. The van der Waals surface area contributed by atoms with Crippen LogP contribution in [0.25, 0.3) is 0 Å². The van der Waals surface area contributed by atoms with Crippen LogP contribution >= 0.6 is 0 Å². The Kier molecular flexibility index (Phi) is 10.3. The van der Waals surface area contributed by atoms with Gasteiger partial charge in [0.25, 0.3) is 0 Å². The van der Waals surface area contributed by atoms with E-state index in [1.807, 2.05) is 0 Å². The highest BCUT2D eigenvalue weighted by molar-refractivity contribution is 4.89. The second kappa shape index (κ2) is 11.4. The molecule has 0 spiro atoms. The van der Waals surface area contributed by atoms with Crippen molar-refractivity contribution in [3.8, 4) is 0 Å². The lowest BCUT2D eigenvalue weighted by Crippen LogP contribution is -2.28. The van der Waals surface area contributed by atoms with Gasteiger partial charge in [0.15, 0.2) is 0 Å². The number of nitrogens with zero attached hydrogens (tertiary/aromatic N) is 2. The van der Waals surface area contributed by atoms with E-state index < -0.39 is 0 Å². The van der Waals surface area contributed by atoms with Gasteiger partial charge in [-0.1, -0.05) is 13.8 Å². The minimum absolute atomic E-state index is 0. The van der Waals surface area contributed by atoms with Crippen molar-refractivity contribution in [2.75, 3.05) is 66.5 Å². The molecule has 0 aromatic carbocycles. The standard InChI is InChI=1S/C17H38N4/c1-5-18-9-7-10-19-14-16-13-17(16)15-21(4)12-8-11-20(3)6-2/h16-19H,5-15H2,1-4H3/p+2. The van der Waals surface area contributed by atoms with Crippen molar-refractivity contribution in [3.05, 3.63) is 0 Å². The second-order valence-corrected chi connectivity index (χ2v) is 6.68. The molecule has 1 rings (SSSR count). The molecular formula is C17H40N4+2. The lowest BCUT2D eigenvalue weighted by atomic mass is 10.2. The number of hydrogen-bond donors (Lipinski definition) is 2. The fourth-order valence-corrected chi connectivity index (χ4v) is 2.85. The first kappa shape index (κ1) is 18.9. The molecule has 0 heterocycles. The highest BCUT2D eigenvalue weighted by atomic mass is 15.1. The molecule has 0 aromatic heterocycles. The number of rotatable bonds is 14. The zero-order valence-corrected chi connectivity index (χ0v) is 14.8. The van der Waals surface area contributed by atoms with Crippen LogP contribution in [0.15, 0.2) is 0 Å². The molecule has 2 unspecified atom stereocenters. The zero-order valence-electron chi connectivity index (χ0n) is 16.8. The summed E-state index contributed by atoms with van der Waals surface area (Å²) in [6.07, 6.45) is 3.97. The van der Waals surface area contributed by atoms with Gasteiger partial charge in [0.1, 0.15) is 0 Å². The predicted octanol–water partition coefficient (Wildman–Crippen LogP) is 1.71. The molecule has 2 atom stereocenters. The molecule has 1 aliphatic carbocycles. The van der Waals surface area contributed by atoms with Gasteiger partial charge in [0, 0.05) is 6.54 Å². The first-order valence-electron chi connectivity index (χ1n) is 8.95. The summed E-state index contributed by atoms with van der Waals surface area (Å²) < 4.78 is 0. The third kappa shape index (κ3) is 9.46. The molecule has 4 heteroatoms. The van der Waals surface area contributed by atoms with Crippen LogP contribution in [-0.2, 0) is 0 Å². The van der Waals surface area contributed by atoms with E-state index in [1.54, 1.807) is 0 Å². The van der Waals surface area contributed by atoms with Crippen LogP contribution in [-0.4, -0.2) is 76.3 Å². The van der Waals surface area contributed by atoms with Crippen LogP contribution in [0, 0.1) is 11.8 Å². The smallest absolute Gasteiger partial charge is 0.317 e. The van der Waals surface area contributed by atoms with E-state index in [2.05, 4.69) is 48.4 Å². The molecule has 1 aliphatic rings. The summed E-state index contributed by atoms with van der Waals surface area (Å²) in [5, 5.41) is 6.98. The van der Waals surface area contributed by atoms with Crippen LogP contribution in [0.5, 0.6) is 0 Å². The lowest BCUT2D eigenvalue weighted by molar-refractivity contribution is 0.274. The van der Waals surface area contributed by atoms with Crippen molar-refractivity contribution in [3.63, 3.8) is 0 Å². The summed E-state index contributed by atoms with van der Waals surface area (Å²) in [6.45, 7) is 13.9. The van der Waals surface area contributed by atoms with Gasteiger partial charge < -0.3 is 20.4 Å². The Hall–Kier alpha value is -0.160. The van der Waals surface area contributed by atoms with Gasteiger partial charge in [-0.2, -0.15) is 0 Å². The largest absolute Gasteiger partial charge is 1.00 e. The second-order valence-electron chi connectivity index (χ2n) is 6.68. The van der Waals surface area contributed by atoms with Gasteiger partial charge >= 0.3 is 2.85 Å². The van der Waals surface area contributed by atoms with Crippen molar-refractivity contribution in [2.24, 2.45) is 11.8 Å². The lowest BCUT2D eigenvalue weighted by Gasteiger charge is -2.19. The average molecular weight is 301 g/mol. The maximum Gasteiger partial charge on any atom is 1.00 e. The van der Waals surface area contributed by atoms with Crippen molar-refractivity contribution in [1.29, 1.82) is 0 Å². The first-order chi connectivity index (χ1) is 10.2. The van der Waals surface area contributed by atoms with Crippen LogP contribution < -0.4 is 10.6 Å². The predicted molar refractivity (Wildman–Crippen MR) is 95.1 cm³/mol. The first-order valence-corrected chi connectivity index (χ1v) is 8.95. The third-order valence-corrected chi connectivity index (χ3v) is 4.60. The molecule has 1 fully saturated rings. The van der Waals surface area contributed by atoms with Gasteiger partial charge in [-0.05, 0) is 91.0 Å². The Balaban J connectivity index is 0. The highest BCUT2D eigenvalue weighted by Crippen LogP contribution is 2.38. The van der Waals surface area contributed by atoms with E-state index in [-0.39, 0.29) is 2.85 Å².